The minimum atomic E-state index is 0.423. The van der Waals surface area contributed by atoms with Gasteiger partial charge >= 0.3 is 0 Å². The maximum atomic E-state index is 5.53. The lowest BCUT2D eigenvalue weighted by Gasteiger charge is -2.32. The van der Waals surface area contributed by atoms with Gasteiger partial charge in [0.15, 0.2) is 5.13 Å². The summed E-state index contributed by atoms with van der Waals surface area (Å²) in [4.78, 5) is 8.75. The highest BCUT2D eigenvalue weighted by molar-refractivity contribution is 7.15. The number of nitrogens with one attached hydrogen (secondary N) is 1. The van der Waals surface area contributed by atoms with E-state index in [0.29, 0.717) is 12.0 Å². The van der Waals surface area contributed by atoms with Gasteiger partial charge in [-0.25, -0.2) is 4.98 Å². The van der Waals surface area contributed by atoms with Crippen molar-refractivity contribution in [1.82, 2.24) is 10.3 Å². The molecule has 2 atom stereocenters. The molecule has 0 saturated carbocycles. The van der Waals surface area contributed by atoms with Gasteiger partial charge < -0.3 is 15.0 Å². The fourth-order valence-corrected chi connectivity index (χ4v) is 3.71. The predicted octanol–water partition coefficient (Wildman–Crippen LogP) is 2.99. The Hall–Kier alpha value is -0.650. The Balaban J connectivity index is 2.22. The maximum absolute atomic E-state index is 5.53. The third-order valence-electron chi connectivity index (χ3n) is 3.94. The lowest BCUT2D eigenvalue weighted by atomic mass is 10.0. The summed E-state index contributed by atoms with van der Waals surface area (Å²) in [6.07, 6.45) is 1.14. The second kappa shape index (κ2) is 7.38. The average Bonchev–Trinajstić information content (AvgIpc) is 2.88. The first kappa shape index (κ1) is 15.7. The number of hydrogen-bond acceptors (Lipinski definition) is 5. The number of rotatable bonds is 6. The molecule has 1 N–H and O–H groups in total. The molecule has 5 heteroatoms. The van der Waals surface area contributed by atoms with E-state index in [0.717, 1.165) is 39.3 Å². The van der Waals surface area contributed by atoms with E-state index in [4.69, 9.17) is 9.72 Å². The fourth-order valence-electron chi connectivity index (χ4n) is 2.43. The van der Waals surface area contributed by atoms with Crippen LogP contribution in [-0.2, 0) is 11.3 Å². The van der Waals surface area contributed by atoms with Gasteiger partial charge in [-0.05, 0) is 25.8 Å². The van der Waals surface area contributed by atoms with Crippen LogP contribution in [0.2, 0.25) is 0 Å². The number of ether oxygens (including phenoxy) is 1. The predicted molar refractivity (Wildman–Crippen MR) is 85.8 cm³/mol. The molecule has 2 rings (SSSR count). The van der Waals surface area contributed by atoms with Gasteiger partial charge in [-0.2, -0.15) is 0 Å². The van der Waals surface area contributed by atoms with Crippen molar-refractivity contribution < 1.29 is 4.74 Å². The molecule has 0 amide bonds. The summed E-state index contributed by atoms with van der Waals surface area (Å²) < 4.78 is 5.53. The van der Waals surface area contributed by atoms with Crippen LogP contribution < -0.4 is 10.2 Å². The molecule has 1 saturated heterocycles. The van der Waals surface area contributed by atoms with Gasteiger partial charge in [-0.1, -0.05) is 20.8 Å². The third-order valence-corrected chi connectivity index (χ3v) is 5.05. The standard InChI is InChI=1S/C15H27N3OS/c1-5-11(3)14-13(9-16-6-2)20-15(17-14)18-7-8-19-10-12(18)4/h11-12,16H,5-10H2,1-4H3. The number of aromatic nitrogens is 1. The number of thiazole rings is 1. The number of hydrogen-bond donors (Lipinski definition) is 1. The Morgan fingerprint density at radius 1 is 1.50 bits per heavy atom. The molecule has 0 spiro atoms. The van der Waals surface area contributed by atoms with Crippen molar-refractivity contribution in [2.45, 2.75) is 52.6 Å². The van der Waals surface area contributed by atoms with Crippen LogP contribution in [0.4, 0.5) is 5.13 Å². The lowest BCUT2D eigenvalue weighted by molar-refractivity contribution is 0.0989. The lowest BCUT2D eigenvalue weighted by Crippen LogP contribution is -2.43. The molecule has 1 aliphatic heterocycles. The van der Waals surface area contributed by atoms with Crippen molar-refractivity contribution in [2.24, 2.45) is 0 Å². The van der Waals surface area contributed by atoms with Crippen molar-refractivity contribution >= 4 is 16.5 Å². The monoisotopic (exact) mass is 297 g/mol. The van der Waals surface area contributed by atoms with Crippen LogP contribution >= 0.6 is 11.3 Å². The van der Waals surface area contributed by atoms with Crippen LogP contribution in [0.3, 0.4) is 0 Å². The number of nitrogens with zero attached hydrogens (tertiary/aromatic N) is 2. The van der Waals surface area contributed by atoms with Gasteiger partial charge in [-0.15, -0.1) is 11.3 Å². The van der Waals surface area contributed by atoms with Crippen molar-refractivity contribution in [3.63, 3.8) is 0 Å². The first-order chi connectivity index (χ1) is 9.67. The maximum Gasteiger partial charge on any atom is 0.186 e. The zero-order valence-electron chi connectivity index (χ0n) is 13.1. The van der Waals surface area contributed by atoms with E-state index in [-0.39, 0.29) is 0 Å². The van der Waals surface area contributed by atoms with Crippen LogP contribution in [0.1, 0.15) is 50.6 Å². The van der Waals surface area contributed by atoms with Gasteiger partial charge in [0.05, 0.1) is 24.9 Å². The Morgan fingerprint density at radius 2 is 2.30 bits per heavy atom. The van der Waals surface area contributed by atoms with Gasteiger partial charge in [0.2, 0.25) is 0 Å². The summed E-state index contributed by atoms with van der Waals surface area (Å²) in [7, 11) is 0. The molecule has 1 aromatic heterocycles. The molecule has 20 heavy (non-hydrogen) atoms. The highest BCUT2D eigenvalue weighted by Crippen LogP contribution is 2.33. The van der Waals surface area contributed by atoms with Gasteiger partial charge in [-0.3, -0.25) is 0 Å². The zero-order valence-corrected chi connectivity index (χ0v) is 13.9. The average molecular weight is 297 g/mol. The molecule has 1 fully saturated rings. The SMILES string of the molecule is CCNCc1sc(N2CCOCC2C)nc1C(C)CC. The van der Waals surface area contributed by atoms with E-state index in [1.807, 2.05) is 11.3 Å². The molecule has 1 aromatic rings. The Bertz CT molecular complexity index is 421. The second-order valence-corrected chi connectivity index (χ2v) is 6.57. The van der Waals surface area contributed by atoms with Crippen molar-refractivity contribution in [3.05, 3.63) is 10.6 Å². The largest absolute Gasteiger partial charge is 0.377 e. The van der Waals surface area contributed by atoms with Gasteiger partial charge in [0, 0.05) is 18.0 Å². The smallest absolute Gasteiger partial charge is 0.186 e. The Morgan fingerprint density at radius 3 is 2.95 bits per heavy atom. The van der Waals surface area contributed by atoms with E-state index < -0.39 is 0 Å². The summed E-state index contributed by atoms with van der Waals surface area (Å²) >= 11 is 1.85. The summed E-state index contributed by atoms with van der Waals surface area (Å²) in [5, 5.41) is 4.61. The highest BCUT2D eigenvalue weighted by atomic mass is 32.1. The van der Waals surface area contributed by atoms with E-state index in [9.17, 15) is 0 Å². The van der Waals surface area contributed by atoms with E-state index in [1.165, 1.54) is 15.7 Å². The zero-order chi connectivity index (χ0) is 14.5. The summed E-state index contributed by atoms with van der Waals surface area (Å²) in [6, 6.07) is 0.423. The molecular weight excluding hydrogens is 270 g/mol. The van der Waals surface area contributed by atoms with E-state index in [1.54, 1.807) is 0 Å². The molecule has 0 aliphatic carbocycles. The van der Waals surface area contributed by atoms with Crippen molar-refractivity contribution in [2.75, 3.05) is 31.2 Å². The first-order valence-electron chi connectivity index (χ1n) is 7.72. The van der Waals surface area contributed by atoms with Crippen LogP contribution in [0, 0.1) is 0 Å². The minimum absolute atomic E-state index is 0.423. The molecular formula is C15H27N3OS. The van der Waals surface area contributed by atoms with E-state index >= 15 is 0 Å². The molecule has 0 bridgehead atoms. The Kier molecular flexibility index (Phi) is 5.81. The Labute approximate surface area is 126 Å². The topological polar surface area (TPSA) is 37.4 Å². The number of morpholine rings is 1. The third kappa shape index (κ3) is 3.51. The number of anilines is 1. The van der Waals surface area contributed by atoms with Crippen LogP contribution in [-0.4, -0.2) is 37.3 Å². The molecule has 1 aliphatic rings. The normalized spacial score (nSPS) is 21.2. The van der Waals surface area contributed by atoms with Gasteiger partial charge in [0.1, 0.15) is 0 Å². The quantitative estimate of drug-likeness (QED) is 0.876. The molecule has 2 unspecified atom stereocenters. The van der Waals surface area contributed by atoms with Gasteiger partial charge in [0.25, 0.3) is 0 Å². The molecule has 0 aromatic carbocycles. The molecule has 0 radical (unpaired) electrons. The first-order valence-corrected chi connectivity index (χ1v) is 8.53. The van der Waals surface area contributed by atoms with Crippen LogP contribution in [0.5, 0.6) is 0 Å². The highest BCUT2D eigenvalue weighted by Gasteiger charge is 2.24. The summed E-state index contributed by atoms with van der Waals surface area (Å²) in [6.45, 7) is 13.4. The summed E-state index contributed by atoms with van der Waals surface area (Å²) in [5.41, 5.74) is 1.28. The van der Waals surface area contributed by atoms with Crippen LogP contribution in [0.15, 0.2) is 0 Å². The molecule has 2 heterocycles. The summed E-state index contributed by atoms with van der Waals surface area (Å²) in [5.74, 6) is 0.532. The second-order valence-electron chi connectivity index (χ2n) is 5.51. The molecule has 4 nitrogen and oxygen atoms in total. The minimum Gasteiger partial charge on any atom is -0.377 e. The van der Waals surface area contributed by atoms with Crippen molar-refractivity contribution in [1.29, 1.82) is 0 Å². The van der Waals surface area contributed by atoms with E-state index in [2.05, 4.69) is 37.9 Å². The molecule has 114 valence electrons. The van der Waals surface area contributed by atoms with Crippen molar-refractivity contribution in [3.8, 4) is 0 Å². The fraction of sp³-hybridized carbons (Fsp3) is 0.800. The van der Waals surface area contributed by atoms with Crippen LogP contribution in [0.25, 0.3) is 0 Å².